The van der Waals surface area contributed by atoms with Crippen LogP contribution in [0.5, 0.6) is 0 Å². The predicted octanol–water partition coefficient (Wildman–Crippen LogP) is 0.0345. The van der Waals surface area contributed by atoms with Crippen LogP contribution < -0.4 is 10.6 Å². The highest BCUT2D eigenvalue weighted by Gasteiger charge is 2.08. The number of methoxy groups -OCH3 is 2. The summed E-state index contributed by atoms with van der Waals surface area (Å²) >= 11 is 0. The van der Waals surface area contributed by atoms with Crippen LogP contribution in [0.1, 0.15) is 5.69 Å². The van der Waals surface area contributed by atoms with Gasteiger partial charge in [0.15, 0.2) is 5.82 Å². The van der Waals surface area contributed by atoms with E-state index in [1.54, 1.807) is 14.2 Å². The molecule has 0 aromatic carbocycles. The van der Waals surface area contributed by atoms with Gasteiger partial charge in [0.2, 0.25) is 0 Å². The lowest BCUT2D eigenvalue weighted by molar-refractivity contribution is 0.190. The third kappa shape index (κ3) is 4.64. The molecule has 6 heteroatoms. The van der Waals surface area contributed by atoms with E-state index >= 15 is 0 Å². The molecule has 0 saturated heterocycles. The van der Waals surface area contributed by atoms with Crippen LogP contribution in [0.3, 0.4) is 0 Å². The first-order chi connectivity index (χ1) is 8.31. The molecule has 2 N–H and O–H groups in total. The second-order valence-corrected chi connectivity index (χ2v) is 3.56. The Hall–Kier alpha value is -1.24. The number of anilines is 1. The molecule has 0 atom stereocenters. The van der Waals surface area contributed by atoms with Gasteiger partial charge in [0.05, 0.1) is 18.9 Å². The Labute approximate surface area is 102 Å². The summed E-state index contributed by atoms with van der Waals surface area (Å²) in [6.45, 7) is 3.21. The lowest BCUT2D eigenvalue weighted by Crippen LogP contribution is -2.31. The van der Waals surface area contributed by atoms with Gasteiger partial charge in [0.25, 0.3) is 0 Å². The molecule has 0 unspecified atom stereocenters. The van der Waals surface area contributed by atoms with E-state index in [9.17, 15) is 0 Å². The van der Waals surface area contributed by atoms with Gasteiger partial charge in [-0.15, -0.1) is 5.10 Å². The highest BCUT2D eigenvalue weighted by atomic mass is 16.5. The van der Waals surface area contributed by atoms with Crippen molar-refractivity contribution < 1.29 is 9.47 Å². The first-order valence-electron chi connectivity index (χ1n) is 5.57. The van der Waals surface area contributed by atoms with Crippen LogP contribution in [0.2, 0.25) is 0 Å². The number of rotatable bonds is 8. The van der Waals surface area contributed by atoms with E-state index in [0.717, 1.165) is 24.6 Å². The van der Waals surface area contributed by atoms with E-state index in [-0.39, 0.29) is 0 Å². The van der Waals surface area contributed by atoms with Crippen LogP contribution in [-0.4, -0.2) is 50.7 Å². The molecule has 1 aromatic heterocycles. The van der Waals surface area contributed by atoms with Gasteiger partial charge in [0.1, 0.15) is 0 Å². The van der Waals surface area contributed by atoms with Crippen molar-refractivity contribution in [3.63, 3.8) is 0 Å². The molecule has 1 rings (SSSR count). The van der Waals surface area contributed by atoms with E-state index in [2.05, 4.69) is 15.1 Å². The van der Waals surface area contributed by atoms with Crippen LogP contribution in [0.4, 0.5) is 5.82 Å². The number of nitrogens with two attached hydrogens (primary N) is 1. The lowest BCUT2D eigenvalue weighted by atomic mass is 10.3. The Bertz CT molecular complexity index is 297. The summed E-state index contributed by atoms with van der Waals surface area (Å²) in [5.41, 5.74) is 6.26. The van der Waals surface area contributed by atoms with E-state index < -0.39 is 0 Å². The summed E-state index contributed by atoms with van der Waals surface area (Å²) in [4.78, 5) is 2.07. The Kier molecular flexibility index (Phi) is 6.46. The molecule has 0 fully saturated rings. The first-order valence-corrected chi connectivity index (χ1v) is 5.57. The monoisotopic (exact) mass is 240 g/mol. The van der Waals surface area contributed by atoms with Gasteiger partial charge in [-0.3, -0.25) is 0 Å². The summed E-state index contributed by atoms with van der Waals surface area (Å²) in [5, 5.41) is 8.18. The minimum Gasteiger partial charge on any atom is -0.383 e. The van der Waals surface area contributed by atoms with Crippen molar-refractivity contribution in [1.29, 1.82) is 0 Å². The normalized spacial score (nSPS) is 10.5. The van der Waals surface area contributed by atoms with E-state index in [4.69, 9.17) is 15.2 Å². The third-order valence-corrected chi connectivity index (χ3v) is 2.37. The second-order valence-electron chi connectivity index (χ2n) is 3.56. The number of aromatic nitrogens is 2. The predicted molar refractivity (Wildman–Crippen MR) is 65.9 cm³/mol. The quantitative estimate of drug-likeness (QED) is 0.691. The fraction of sp³-hybridized carbons (Fsp3) is 0.636. The maximum absolute atomic E-state index is 5.48. The summed E-state index contributed by atoms with van der Waals surface area (Å²) in [6.07, 6.45) is 0. The summed E-state index contributed by atoms with van der Waals surface area (Å²) in [5.74, 6) is 0.816. The second kappa shape index (κ2) is 7.94. The molecule has 0 aliphatic carbocycles. The number of ether oxygens (including phenoxy) is 2. The first kappa shape index (κ1) is 13.8. The molecule has 0 bridgehead atoms. The van der Waals surface area contributed by atoms with E-state index in [1.807, 2.05) is 12.1 Å². The molecule has 0 aliphatic rings. The van der Waals surface area contributed by atoms with Gasteiger partial charge in [-0.1, -0.05) is 0 Å². The van der Waals surface area contributed by atoms with Crippen LogP contribution in [0.15, 0.2) is 12.1 Å². The average molecular weight is 240 g/mol. The summed E-state index contributed by atoms with van der Waals surface area (Å²) < 4.78 is 10.1. The van der Waals surface area contributed by atoms with Crippen molar-refractivity contribution in [3.05, 3.63) is 17.8 Å². The highest BCUT2D eigenvalue weighted by molar-refractivity contribution is 5.37. The fourth-order valence-electron chi connectivity index (χ4n) is 1.37. The zero-order valence-electron chi connectivity index (χ0n) is 10.4. The fourth-order valence-corrected chi connectivity index (χ4v) is 1.37. The van der Waals surface area contributed by atoms with Crippen LogP contribution in [0, 0.1) is 0 Å². The molecular formula is C11H20N4O2. The van der Waals surface area contributed by atoms with Gasteiger partial charge in [-0.05, 0) is 12.1 Å². The Morgan fingerprint density at radius 2 is 1.76 bits per heavy atom. The van der Waals surface area contributed by atoms with Crippen LogP contribution in [-0.2, 0) is 16.0 Å². The molecule has 6 nitrogen and oxygen atoms in total. The molecule has 1 aromatic rings. The maximum Gasteiger partial charge on any atom is 0.151 e. The molecule has 1 heterocycles. The van der Waals surface area contributed by atoms with Gasteiger partial charge in [-0.2, -0.15) is 5.10 Å². The molecule has 0 amide bonds. The molecule has 0 radical (unpaired) electrons. The van der Waals surface area contributed by atoms with Crippen LogP contribution in [0.25, 0.3) is 0 Å². The highest BCUT2D eigenvalue weighted by Crippen LogP contribution is 2.08. The Morgan fingerprint density at radius 1 is 1.12 bits per heavy atom. The van der Waals surface area contributed by atoms with E-state index in [0.29, 0.717) is 19.8 Å². The van der Waals surface area contributed by atoms with Crippen molar-refractivity contribution in [2.24, 2.45) is 5.73 Å². The molecule has 0 saturated carbocycles. The Balaban J connectivity index is 2.65. The molecule has 17 heavy (non-hydrogen) atoms. The van der Waals surface area contributed by atoms with E-state index in [1.165, 1.54) is 0 Å². The number of hydrogen-bond acceptors (Lipinski definition) is 6. The standard InChI is InChI=1S/C11H20N4O2/c1-16-7-5-15(6-8-17-2)11-4-3-10(9-12)13-14-11/h3-4H,5-9,12H2,1-2H3. The smallest absolute Gasteiger partial charge is 0.151 e. The van der Waals surface area contributed by atoms with Gasteiger partial charge < -0.3 is 20.1 Å². The third-order valence-electron chi connectivity index (χ3n) is 2.37. The summed E-state index contributed by atoms with van der Waals surface area (Å²) in [6, 6.07) is 3.80. The molecule has 0 spiro atoms. The van der Waals surface area contributed by atoms with Gasteiger partial charge in [-0.25, -0.2) is 0 Å². The van der Waals surface area contributed by atoms with Crippen molar-refractivity contribution in [2.75, 3.05) is 45.4 Å². The zero-order chi connectivity index (χ0) is 12.5. The van der Waals surface area contributed by atoms with Crippen molar-refractivity contribution in [2.45, 2.75) is 6.54 Å². The SMILES string of the molecule is COCCN(CCOC)c1ccc(CN)nn1. The zero-order valence-corrected chi connectivity index (χ0v) is 10.4. The minimum absolute atomic E-state index is 0.406. The van der Waals surface area contributed by atoms with Gasteiger partial charge >= 0.3 is 0 Å². The van der Waals surface area contributed by atoms with Crippen molar-refractivity contribution >= 4 is 5.82 Å². The Morgan fingerprint density at radius 3 is 2.18 bits per heavy atom. The van der Waals surface area contributed by atoms with Gasteiger partial charge in [0, 0.05) is 33.9 Å². The minimum atomic E-state index is 0.406. The average Bonchev–Trinajstić information content (AvgIpc) is 2.39. The summed E-state index contributed by atoms with van der Waals surface area (Å²) in [7, 11) is 3.36. The van der Waals surface area contributed by atoms with Crippen molar-refractivity contribution in [1.82, 2.24) is 10.2 Å². The topological polar surface area (TPSA) is 73.5 Å². The molecule has 96 valence electrons. The largest absolute Gasteiger partial charge is 0.383 e. The van der Waals surface area contributed by atoms with Crippen molar-refractivity contribution in [3.8, 4) is 0 Å². The molecule has 0 aliphatic heterocycles. The maximum atomic E-state index is 5.48. The number of hydrogen-bond donors (Lipinski definition) is 1. The molecular weight excluding hydrogens is 220 g/mol. The number of nitrogens with zero attached hydrogens (tertiary/aromatic N) is 3. The van der Waals surface area contributed by atoms with Crippen LogP contribution >= 0.6 is 0 Å². The lowest BCUT2D eigenvalue weighted by Gasteiger charge is -2.22.